The summed E-state index contributed by atoms with van der Waals surface area (Å²) in [5.41, 5.74) is 0. The summed E-state index contributed by atoms with van der Waals surface area (Å²) >= 11 is 6.49. The van der Waals surface area contributed by atoms with Gasteiger partial charge < -0.3 is 0 Å². The maximum atomic E-state index is 6.49. The maximum absolute atomic E-state index is 6.49. The molecule has 4 saturated carbocycles. The van der Waals surface area contributed by atoms with Crippen molar-refractivity contribution in [1.82, 2.24) is 0 Å². The topological polar surface area (TPSA) is 0 Å². The predicted octanol–water partition coefficient (Wildman–Crippen LogP) is 4.89. The zero-order valence-electron chi connectivity index (χ0n) is 10.7. The highest BCUT2D eigenvalue weighted by molar-refractivity contribution is 7.19. The molecule has 0 aromatic rings. The fourth-order valence-corrected chi connectivity index (χ4v) is 6.37. The van der Waals surface area contributed by atoms with Crippen LogP contribution in [-0.2, 0) is 0 Å². The Bertz CT molecular complexity index is 240. The largest absolute Gasteiger partial charge is 0.168 e. The van der Waals surface area contributed by atoms with Crippen molar-refractivity contribution in [1.29, 1.82) is 0 Å². The van der Waals surface area contributed by atoms with Gasteiger partial charge in [0.2, 0.25) is 0 Å². The molecule has 4 aliphatic carbocycles. The third kappa shape index (κ3) is 2.22. The highest BCUT2D eigenvalue weighted by atomic mass is 35.6. The first-order valence-electron chi connectivity index (χ1n) is 7.20. The first-order valence-corrected chi connectivity index (χ1v) is 11.4. The van der Waals surface area contributed by atoms with Gasteiger partial charge in [-0.25, -0.2) is 0 Å². The minimum atomic E-state index is -1.32. The van der Waals surface area contributed by atoms with E-state index in [0.29, 0.717) is 0 Å². The van der Waals surface area contributed by atoms with Crippen molar-refractivity contribution >= 4 is 18.5 Å². The maximum Gasteiger partial charge on any atom is 0.150 e. The molecule has 2 heteroatoms. The molecule has 4 fully saturated rings. The van der Waals surface area contributed by atoms with Crippen molar-refractivity contribution in [2.24, 2.45) is 29.6 Å². The van der Waals surface area contributed by atoms with Crippen LogP contribution in [0.2, 0.25) is 19.1 Å². The van der Waals surface area contributed by atoms with Gasteiger partial charge in [0.05, 0.1) is 0 Å². The predicted molar refractivity (Wildman–Crippen MR) is 73.3 cm³/mol. The molecule has 4 rings (SSSR count). The Morgan fingerprint density at radius 1 is 0.938 bits per heavy atom. The molecule has 0 saturated heterocycles. The first kappa shape index (κ1) is 11.6. The van der Waals surface area contributed by atoms with E-state index in [-0.39, 0.29) is 0 Å². The van der Waals surface area contributed by atoms with E-state index in [4.69, 9.17) is 11.1 Å². The lowest BCUT2D eigenvalue weighted by Gasteiger charge is -2.55. The Morgan fingerprint density at radius 3 is 1.88 bits per heavy atom. The Morgan fingerprint density at radius 2 is 1.44 bits per heavy atom. The fraction of sp³-hybridized carbons (Fsp3) is 1.00. The van der Waals surface area contributed by atoms with Gasteiger partial charge >= 0.3 is 0 Å². The van der Waals surface area contributed by atoms with Crippen LogP contribution in [0.5, 0.6) is 0 Å². The first-order chi connectivity index (χ1) is 7.51. The van der Waals surface area contributed by atoms with Crippen LogP contribution < -0.4 is 0 Å². The Hall–Kier alpha value is 0.507. The molecule has 0 unspecified atom stereocenters. The van der Waals surface area contributed by atoms with E-state index in [0.717, 1.165) is 29.6 Å². The van der Waals surface area contributed by atoms with Crippen LogP contribution in [-0.4, -0.2) is 7.38 Å². The summed E-state index contributed by atoms with van der Waals surface area (Å²) in [6.45, 7) is 4.62. The van der Waals surface area contributed by atoms with Gasteiger partial charge in [-0.2, -0.15) is 11.1 Å². The third-order valence-corrected chi connectivity index (χ3v) is 7.54. The zero-order valence-corrected chi connectivity index (χ0v) is 12.5. The van der Waals surface area contributed by atoms with Crippen molar-refractivity contribution in [3.8, 4) is 0 Å². The van der Waals surface area contributed by atoms with Crippen LogP contribution in [0.25, 0.3) is 0 Å². The quantitative estimate of drug-likeness (QED) is 0.498. The van der Waals surface area contributed by atoms with Gasteiger partial charge in [0.15, 0.2) is 7.38 Å². The van der Waals surface area contributed by atoms with Crippen molar-refractivity contribution in [2.75, 3.05) is 0 Å². The summed E-state index contributed by atoms with van der Waals surface area (Å²) in [5.74, 6) is 5.52. The molecule has 0 spiro atoms. The van der Waals surface area contributed by atoms with Gasteiger partial charge in [-0.05, 0) is 67.7 Å². The second-order valence-corrected chi connectivity index (χ2v) is 14.4. The van der Waals surface area contributed by atoms with E-state index in [1.807, 2.05) is 0 Å². The van der Waals surface area contributed by atoms with Gasteiger partial charge in [0.25, 0.3) is 0 Å². The summed E-state index contributed by atoms with van der Waals surface area (Å²) in [4.78, 5) is 0. The minimum absolute atomic E-state index is 1.07. The van der Waals surface area contributed by atoms with Crippen LogP contribution in [0.15, 0.2) is 0 Å². The normalized spacial score (nSPS) is 46.3. The van der Waals surface area contributed by atoms with Crippen LogP contribution in [0.3, 0.4) is 0 Å². The molecular weight excluding hydrogens is 232 g/mol. The molecule has 0 aromatic carbocycles. The summed E-state index contributed by atoms with van der Waals surface area (Å²) in [6, 6.07) is 1.35. The number of halogens is 1. The highest BCUT2D eigenvalue weighted by Crippen LogP contribution is 2.57. The summed E-state index contributed by atoms with van der Waals surface area (Å²) in [7, 11) is -1.32. The van der Waals surface area contributed by atoms with Crippen LogP contribution in [0.1, 0.15) is 38.5 Å². The monoisotopic (exact) mass is 256 g/mol. The van der Waals surface area contributed by atoms with E-state index >= 15 is 0 Å². The molecule has 0 N–H and O–H groups in total. The molecule has 16 heavy (non-hydrogen) atoms. The molecule has 0 heterocycles. The lowest BCUT2D eigenvalue weighted by atomic mass is 9.51. The fourth-order valence-electron chi connectivity index (χ4n) is 5.02. The zero-order chi connectivity index (χ0) is 11.3. The van der Waals surface area contributed by atoms with E-state index in [9.17, 15) is 0 Å². The molecule has 0 aliphatic heterocycles. The average molecular weight is 257 g/mol. The van der Waals surface area contributed by atoms with Crippen LogP contribution >= 0.6 is 11.1 Å². The summed E-state index contributed by atoms with van der Waals surface area (Å²) in [5, 5.41) is 0. The molecule has 0 atom stereocenters. The van der Waals surface area contributed by atoms with E-state index in [1.54, 1.807) is 32.1 Å². The standard InChI is InChI=1S/C14H25ClSi/c1-16(2,15)4-3-14-12-6-10-5-11(8-12)9-13(14)7-10/h10-14H,3-9H2,1-2H3. The summed E-state index contributed by atoms with van der Waals surface area (Å²) < 4.78 is 0. The average Bonchev–Trinajstić information content (AvgIpc) is 2.13. The van der Waals surface area contributed by atoms with Crippen LogP contribution in [0, 0.1) is 29.6 Å². The molecule has 4 bridgehead atoms. The van der Waals surface area contributed by atoms with E-state index in [2.05, 4.69) is 13.1 Å². The van der Waals surface area contributed by atoms with Crippen molar-refractivity contribution in [3.05, 3.63) is 0 Å². The van der Waals surface area contributed by atoms with Crippen molar-refractivity contribution in [3.63, 3.8) is 0 Å². The molecule has 0 aromatic heterocycles. The van der Waals surface area contributed by atoms with Gasteiger partial charge in [-0.15, -0.1) is 0 Å². The number of rotatable bonds is 3. The van der Waals surface area contributed by atoms with Gasteiger partial charge in [0.1, 0.15) is 0 Å². The molecule has 92 valence electrons. The van der Waals surface area contributed by atoms with Crippen molar-refractivity contribution < 1.29 is 0 Å². The van der Waals surface area contributed by atoms with Crippen LogP contribution in [0.4, 0.5) is 0 Å². The lowest BCUT2D eigenvalue weighted by molar-refractivity contribution is -0.0377. The Labute approximate surface area is 106 Å². The molecule has 4 aliphatic rings. The Balaban J connectivity index is 1.64. The molecular formula is C14H25ClSi. The smallest absolute Gasteiger partial charge is 0.150 e. The second-order valence-electron chi connectivity index (χ2n) is 7.35. The summed E-state index contributed by atoms with van der Waals surface area (Å²) in [6.07, 6.45) is 9.32. The van der Waals surface area contributed by atoms with Gasteiger partial charge in [-0.3, -0.25) is 0 Å². The van der Waals surface area contributed by atoms with E-state index < -0.39 is 7.38 Å². The third-order valence-electron chi connectivity index (χ3n) is 5.49. The molecule has 0 nitrogen and oxygen atoms in total. The minimum Gasteiger partial charge on any atom is -0.168 e. The molecule has 0 radical (unpaired) electrons. The lowest BCUT2D eigenvalue weighted by Crippen LogP contribution is -2.45. The highest BCUT2D eigenvalue weighted by Gasteiger charge is 2.47. The van der Waals surface area contributed by atoms with Gasteiger partial charge in [-0.1, -0.05) is 19.5 Å². The molecule has 0 amide bonds. The number of hydrogen-bond donors (Lipinski definition) is 0. The second kappa shape index (κ2) is 4.02. The van der Waals surface area contributed by atoms with Crippen molar-refractivity contribution in [2.45, 2.75) is 57.7 Å². The Kier molecular flexibility index (Phi) is 2.91. The SMILES string of the molecule is C[Si](C)(Cl)CCC1C2CC3CC(C2)CC1C3. The van der Waals surface area contributed by atoms with Gasteiger partial charge in [0, 0.05) is 0 Å². The van der Waals surface area contributed by atoms with E-state index in [1.165, 1.54) is 12.5 Å². The number of hydrogen-bond acceptors (Lipinski definition) is 0.